The second-order valence-electron chi connectivity index (χ2n) is 7.41. The van der Waals surface area contributed by atoms with Crippen molar-refractivity contribution in [3.05, 3.63) is 65.7 Å². The number of amides is 2. The third kappa shape index (κ3) is 6.03. The number of carbonyl (C=O) groups is 2. The van der Waals surface area contributed by atoms with Crippen molar-refractivity contribution in [2.24, 2.45) is 5.73 Å². The van der Waals surface area contributed by atoms with Crippen molar-refractivity contribution in [1.82, 2.24) is 5.32 Å². The Kier molecular flexibility index (Phi) is 6.91. The van der Waals surface area contributed by atoms with Crippen LogP contribution in [0, 0.1) is 0 Å². The Morgan fingerprint density at radius 1 is 1.04 bits per heavy atom. The van der Waals surface area contributed by atoms with Gasteiger partial charge in [0, 0.05) is 16.2 Å². The van der Waals surface area contributed by atoms with Gasteiger partial charge in [0.25, 0.3) is 5.91 Å². The minimum atomic E-state index is -1.25. The van der Waals surface area contributed by atoms with E-state index in [1.54, 1.807) is 24.3 Å². The fourth-order valence-corrected chi connectivity index (χ4v) is 3.71. The summed E-state index contributed by atoms with van der Waals surface area (Å²) >= 11 is 0. The van der Waals surface area contributed by atoms with Crippen molar-refractivity contribution >= 4 is 22.6 Å². The van der Waals surface area contributed by atoms with Crippen molar-refractivity contribution in [1.29, 1.82) is 0 Å². The lowest BCUT2D eigenvalue weighted by atomic mass is 9.86. The zero-order valence-corrected chi connectivity index (χ0v) is 16.7. The van der Waals surface area contributed by atoms with E-state index in [4.69, 9.17) is 5.73 Å². The number of primary amides is 1. The summed E-state index contributed by atoms with van der Waals surface area (Å²) in [7, 11) is -1.25. The molecule has 2 atom stereocenters. The van der Waals surface area contributed by atoms with Crippen LogP contribution >= 0.6 is 0 Å². The standard InChI is InChI=1S/C21H26N2O3S/c1-21(2,3)16-11-9-15(10-12-16)20(25)23-18(19(22)24)13-14-27(26)17-7-5-4-6-8-17/h4-12,18H,13-14H2,1-3H3,(H2,22,24)(H,23,25)/t18-,27+/m1/s1. The molecule has 0 fully saturated rings. The minimum absolute atomic E-state index is 0.00767. The summed E-state index contributed by atoms with van der Waals surface area (Å²) in [6, 6.07) is 15.4. The van der Waals surface area contributed by atoms with Gasteiger partial charge in [-0.05, 0) is 41.7 Å². The van der Waals surface area contributed by atoms with Crippen LogP contribution in [0.1, 0.15) is 43.1 Å². The van der Waals surface area contributed by atoms with Crippen molar-refractivity contribution in [2.75, 3.05) is 5.75 Å². The first-order valence-electron chi connectivity index (χ1n) is 8.82. The zero-order valence-electron chi connectivity index (χ0n) is 15.9. The van der Waals surface area contributed by atoms with E-state index < -0.39 is 22.7 Å². The van der Waals surface area contributed by atoms with Gasteiger partial charge in [0.1, 0.15) is 6.04 Å². The minimum Gasteiger partial charge on any atom is -0.368 e. The van der Waals surface area contributed by atoms with Crippen molar-refractivity contribution in [2.45, 2.75) is 43.5 Å². The van der Waals surface area contributed by atoms with Crippen molar-refractivity contribution < 1.29 is 13.8 Å². The maximum Gasteiger partial charge on any atom is 0.251 e. The Bertz CT molecular complexity index is 812. The highest BCUT2D eigenvalue weighted by atomic mass is 32.2. The SMILES string of the molecule is CC(C)(C)c1ccc(C(=O)N[C@H](CC[S@](=O)c2ccccc2)C(N)=O)cc1. The average Bonchev–Trinajstić information content (AvgIpc) is 2.64. The van der Waals surface area contributed by atoms with Gasteiger partial charge < -0.3 is 11.1 Å². The number of hydrogen-bond acceptors (Lipinski definition) is 3. The lowest BCUT2D eigenvalue weighted by Gasteiger charge is -2.19. The Hall–Kier alpha value is -2.47. The molecule has 2 aromatic rings. The highest BCUT2D eigenvalue weighted by molar-refractivity contribution is 7.85. The molecule has 2 rings (SSSR count). The van der Waals surface area contributed by atoms with E-state index in [-0.39, 0.29) is 23.5 Å². The van der Waals surface area contributed by atoms with Gasteiger partial charge in [0.2, 0.25) is 5.91 Å². The van der Waals surface area contributed by atoms with Crippen LogP contribution in [0.25, 0.3) is 0 Å². The summed E-state index contributed by atoms with van der Waals surface area (Å²) in [5, 5.41) is 2.65. The molecule has 3 N–H and O–H groups in total. The van der Waals surface area contributed by atoms with Gasteiger partial charge in [-0.25, -0.2) is 0 Å². The molecule has 27 heavy (non-hydrogen) atoms. The van der Waals surface area contributed by atoms with E-state index in [1.807, 2.05) is 30.3 Å². The van der Waals surface area contributed by atoms with E-state index in [9.17, 15) is 13.8 Å². The summed E-state index contributed by atoms with van der Waals surface area (Å²) in [6.07, 6.45) is 0.211. The molecule has 0 heterocycles. The maximum atomic E-state index is 12.4. The van der Waals surface area contributed by atoms with Gasteiger partial charge in [-0.3, -0.25) is 13.8 Å². The Balaban J connectivity index is 2.00. The largest absolute Gasteiger partial charge is 0.368 e. The molecule has 0 saturated carbocycles. The second-order valence-corrected chi connectivity index (χ2v) is 8.98. The van der Waals surface area contributed by atoms with Crippen LogP contribution in [0.2, 0.25) is 0 Å². The van der Waals surface area contributed by atoms with Crippen LogP contribution in [-0.4, -0.2) is 27.8 Å². The molecule has 2 aromatic carbocycles. The van der Waals surface area contributed by atoms with Crippen LogP contribution in [0.5, 0.6) is 0 Å². The molecule has 144 valence electrons. The smallest absolute Gasteiger partial charge is 0.251 e. The number of nitrogens with two attached hydrogens (primary N) is 1. The molecular weight excluding hydrogens is 360 g/mol. The van der Waals surface area contributed by atoms with E-state index in [0.29, 0.717) is 10.5 Å². The zero-order chi connectivity index (χ0) is 20.0. The fraction of sp³-hybridized carbons (Fsp3) is 0.333. The Morgan fingerprint density at radius 3 is 2.15 bits per heavy atom. The molecular formula is C21H26N2O3S. The first kappa shape index (κ1) is 20.8. The number of hydrogen-bond donors (Lipinski definition) is 2. The first-order valence-corrected chi connectivity index (χ1v) is 10.1. The lowest BCUT2D eigenvalue weighted by molar-refractivity contribution is -0.119. The van der Waals surface area contributed by atoms with Gasteiger partial charge in [-0.1, -0.05) is 51.1 Å². The van der Waals surface area contributed by atoms with E-state index in [2.05, 4.69) is 26.1 Å². The third-order valence-corrected chi connectivity index (χ3v) is 5.66. The fourth-order valence-electron chi connectivity index (χ4n) is 2.56. The second kappa shape index (κ2) is 8.95. The molecule has 0 bridgehead atoms. The predicted molar refractivity (Wildman–Crippen MR) is 108 cm³/mol. The van der Waals surface area contributed by atoms with E-state index >= 15 is 0 Å². The van der Waals surface area contributed by atoms with Crippen LogP contribution in [0.3, 0.4) is 0 Å². The van der Waals surface area contributed by atoms with Gasteiger partial charge in [0.05, 0.1) is 10.8 Å². The number of nitrogens with one attached hydrogen (secondary N) is 1. The number of carbonyl (C=O) groups excluding carboxylic acids is 2. The van der Waals surface area contributed by atoms with E-state index in [1.165, 1.54) is 0 Å². The van der Waals surface area contributed by atoms with Crippen LogP contribution in [0.4, 0.5) is 0 Å². The van der Waals surface area contributed by atoms with E-state index in [0.717, 1.165) is 5.56 Å². The summed E-state index contributed by atoms with van der Waals surface area (Å²) in [4.78, 5) is 24.8. The van der Waals surface area contributed by atoms with Crippen LogP contribution in [-0.2, 0) is 21.0 Å². The molecule has 0 unspecified atom stereocenters. The van der Waals surface area contributed by atoms with Crippen LogP contribution in [0.15, 0.2) is 59.5 Å². The quantitative estimate of drug-likeness (QED) is 0.767. The molecule has 0 aliphatic carbocycles. The molecule has 2 amide bonds. The summed E-state index contributed by atoms with van der Waals surface area (Å²) in [5.74, 6) is -0.773. The first-order chi connectivity index (χ1) is 12.7. The van der Waals surface area contributed by atoms with Crippen molar-refractivity contribution in [3.8, 4) is 0 Å². The molecule has 0 aliphatic rings. The monoisotopic (exact) mass is 386 g/mol. The summed E-state index contributed by atoms with van der Waals surface area (Å²) in [6.45, 7) is 6.29. The Morgan fingerprint density at radius 2 is 1.63 bits per heavy atom. The van der Waals surface area contributed by atoms with Gasteiger partial charge in [-0.15, -0.1) is 0 Å². The van der Waals surface area contributed by atoms with Gasteiger partial charge >= 0.3 is 0 Å². The third-order valence-electron chi connectivity index (χ3n) is 4.26. The van der Waals surface area contributed by atoms with Crippen molar-refractivity contribution in [3.63, 3.8) is 0 Å². The highest BCUT2D eigenvalue weighted by Crippen LogP contribution is 2.22. The molecule has 0 aliphatic heterocycles. The molecule has 0 spiro atoms. The average molecular weight is 387 g/mol. The van der Waals surface area contributed by atoms with Gasteiger partial charge in [-0.2, -0.15) is 0 Å². The summed E-state index contributed by atoms with van der Waals surface area (Å²) < 4.78 is 12.3. The molecule has 0 radical (unpaired) electrons. The molecule has 6 heteroatoms. The molecule has 0 saturated heterocycles. The van der Waals surface area contributed by atoms with Gasteiger partial charge in [0.15, 0.2) is 0 Å². The highest BCUT2D eigenvalue weighted by Gasteiger charge is 2.21. The Labute approximate surface area is 162 Å². The summed E-state index contributed by atoms with van der Waals surface area (Å²) in [5.41, 5.74) is 6.98. The topological polar surface area (TPSA) is 89.3 Å². The van der Waals surface area contributed by atoms with Crippen LogP contribution < -0.4 is 11.1 Å². The molecule has 5 nitrogen and oxygen atoms in total. The molecule has 0 aromatic heterocycles. The maximum absolute atomic E-state index is 12.4. The normalized spacial score (nSPS) is 13.6. The predicted octanol–water partition coefficient (Wildman–Crippen LogP) is 2.77. The lowest BCUT2D eigenvalue weighted by Crippen LogP contribution is -2.45. The number of benzene rings is 2. The number of rotatable bonds is 7.